The largest absolute Gasteiger partial charge is 1.00 e. The van der Waals surface area contributed by atoms with Gasteiger partial charge in [-0.25, -0.2) is 0 Å². The monoisotopic (exact) mass is 474 g/mol. The molecule has 0 bridgehead atoms. The number of hydrogen-bond donors (Lipinski definition) is 0. The molecule has 3 heteroatoms. The number of hydrogen-bond acceptors (Lipinski definition) is 0. The normalized spacial score (nSPS) is 16.0. The molecule has 4 rings (SSSR count). The molecular formula is C24H26Cl2Zr. The second kappa shape index (κ2) is 8.73. The van der Waals surface area contributed by atoms with E-state index >= 15 is 0 Å². The fourth-order valence-corrected chi connectivity index (χ4v) is 12.1. The molecule has 0 aromatic heterocycles. The predicted molar refractivity (Wildman–Crippen MR) is 106 cm³/mol. The van der Waals surface area contributed by atoms with E-state index in [9.17, 15) is 0 Å². The standard InChI is InChI=1S/C13H9.C8H11.C3H6.2ClH.Zr/c1-3-7-12-10(5-1)9-11-6-2-4-8-13(11)12;1-8(2)6-4-3-5-7-8;1-3-2;;;/h1-9H;4-6H,7H2,1-2H3;1-2H3;2*1H;/q;;;;;+2/p-2. The van der Waals surface area contributed by atoms with Gasteiger partial charge in [0, 0.05) is 0 Å². The fraction of sp³-hybridized carbons (Fsp3) is 0.292. The molecule has 0 aliphatic heterocycles. The van der Waals surface area contributed by atoms with Crippen LogP contribution in [-0.2, 0) is 21.3 Å². The van der Waals surface area contributed by atoms with Gasteiger partial charge in [0.05, 0.1) is 0 Å². The quantitative estimate of drug-likeness (QED) is 0.591. The maximum absolute atomic E-state index is 2.56. The first-order chi connectivity index (χ1) is 12.0. The van der Waals surface area contributed by atoms with Gasteiger partial charge in [-0.3, -0.25) is 0 Å². The fourth-order valence-electron chi connectivity index (χ4n) is 4.23. The van der Waals surface area contributed by atoms with Crippen molar-refractivity contribution < 1.29 is 46.1 Å². The molecule has 0 atom stereocenters. The van der Waals surface area contributed by atoms with Gasteiger partial charge in [-0.1, -0.05) is 0 Å². The van der Waals surface area contributed by atoms with Crippen LogP contribution in [0.25, 0.3) is 11.1 Å². The molecule has 0 saturated carbocycles. The third-order valence-electron chi connectivity index (χ3n) is 5.53. The predicted octanol–water partition coefficient (Wildman–Crippen LogP) is 0.465. The van der Waals surface area contributed by atoms with E-state index in [1.165, 1.54) is 17.5 Å². The Hall–Kier alpha value is -0.747. The molecular weight excluding hydrogens is 450 g/mol. The van der Waals surface area contributed by atoms with Crippen LogP contribution in [0.15, 0.2) is 70.0 Å². The molecule has 140 valence electrons. The Bertz CT molecular complexity index is 885. The smallest absolute Gasteiger partial charge is 1.00 e. The van der Waals surface area contributed by atoms with E-state index in [1.54, 1.807) is 17.6 Å². The Morgan fingerprint density at radius 3 is 1.85 bits per heavy atom. The maximum atomic E-state index is 2.56. The van der Waals surface area contributed by atoms with Gasteiger partial charge in [0.25, 0.3) is 0 Å². The van der Waals surface area contributed by atoms with Crippen molar-refractivity contribution in [1.82, 2.24) is 0 Å². The SMILES string of the molecule is C[C](C)=[Zr+2]([C]1=CCC(C)(C)C=C1)[CH]1c2ccccc2-c2ccccc21.[Cl-].[Cl-]. The van der Waals surface area contributed by atoms with Crippen molar-refractivity contribution in [2.45, 2.75) is 37.7 Å². The van der Waals surface area contributed by atoms with Crippen molar-refractivity contribution in [2.75, 3.05) is 0 Å². The molecule has 0 N–H and O–H groups in total. The van der Waals surface area contributed by atoms with E-state index in [1.807, 2.05) is 0 Å². The van der Waals surface area contributed by atoms with Gasteiger partial charge in [0.1, 0.15) is 0 Å². The third kappa shape index (κ3) is 4.17. The van der Waals surface area contributed by atoms with Gasteiger partial charge in [-0.2, -0.15) is 0 Å². The van der Waals surface area contributed by atoms with Gasteiger partial charge in [-0.15, -0.1) is 0 Å². The second-order valence-corrected chi connectivity index (χ2v) is 15.5. The Kier molecular flexibility index (Phi) is 7.29. The maximum Gasteiger partial charge on any atom is -1.00 e. The van der Waals surface area contributed by atoms with Gasteiger partial charge in [-0.05, 0) is 0 Å². The Morgan fingerprint density at radius 1 is 0.889 bits per heavy atom. The van der Waals surface area contributed by atoms with Crippen LogP contribution in [0.4, 0.5) is 0 Å². The molecule has 2 aromatic carbocycles. The first kappa shape index (κ1) is 22.5. The van der Waals surface area contributed by atoms with E-state index in [4.69, 9.17) is 0 Å². The summed E-state index contributed by atoms with van der Waals surface area (Å²) < 4.78 is 3.99. The van der Waals surface area contributed by atoms with Crippen molar-refractivity contribution in [3.63, 3.8) is 0 Å². The minimum Gasteiger partial charge on any atom is -1.00 e. The molecule has 0 saturated heterocycles. The summed E-state index contributed by atoms with van der Waals surface area (Å²) in [6.07, 6.45) is 8.64. The van der Waals surface area contributed by atoms with Crippen molar-refractivity contribution in [2.24, 2.45) is 5.41 Å². The molecule has 0 radical (unpaired) electrons. The molecule has 0 heterocycles. The van der Waals surface area contributed by atoms with Crippen LogP contribution < -0.4 is 24.8 Å². The number of fused-ring (bicyclic) bond motifs is 3. The van der Waals surface area contributed by atoms with Gasteiger partial charge in [0.15, 0.2) is 0 Å². The average Bonchev–Trinajstić information content (AvgIpc) is 2.91. The van der Waals surface area contributed by atoms with Crippen molar-refractivity contribution in [3.05, 3.63) is 81.2 Å². The molecule has 0 spiro atoms. The van der Waals surface area contributed by atoms with Crippen LogP contribution in [0.2, 0.25) is 0 Å². The molecule has 0 nitrogen and oxygen atoms in total. The summed E-state index contributed by atoms with van der Waals surface area (Å²) in [5.41, 5.74) is 6.37. The summed E-state index contributed by atoms with van der Waals surface area (Å²) in [6, 6.07) is 18.2. The van der Waals surface area contributed by atoms with Crippen LogP contribution in [-0.4, -0.2) is 3.21 Å². The van der Waals surface area contributed by atoms with E-state index in [2.05, 4.69) is 94.5 Å². The van der Waals surface area contributed by atoms with Gasteiger partial charge < -0.3 is 24.8 Å². The second-order valence-electron chi connectivity index (χ2n) is 8.21. The third-order valence-corrected chi connectivity index (χ3v) is 13.6. The van der Waals surface area contributed by atoms with Gasteiger partial charge >= 0.3 is 160 Å². The summed E-state index contributed by atoms with van der Waals surface area (Å²) in [6.45, 7) is 9.44. The van der Waals surface area contributed by atoms with Crippen molar-refractivity contribution >= 4 is 3.21 Å². The summed E-state index contributed by atoms with van der Waals surface area (Å²) in [5.74, 6) is 0. The van der Waals surface area contributed by atoms with Crippen LogP contribution in [0.3, 0.4) is 0 Å². The molecule has 2 aliphatic carbocycles. The van der Waals surface area contributed by atoms with Gasteiger partial charge in [0.2, 0.25) is 0 Å². The summed E-state index contributed by atoms with van der Waals surface area (Å²) in [4.78, 5) is 0. The molecule has 27 heavy (non-hydrogen) atoms. The molecule has 0 amide bonds. The number of rotatable bonds is 2. The Morgan fingerprint density at radius 2 is 1.41 bits per heavy atom. The summed E-state index contributed by atoms with van der Waals surface area (Å²) in [7, 11) is 0. The van der Waals surface area contributed by atoms with E-state index in [0.29, 0.717) is 9.04 Å². The van der Waals surface area contributed by atoms with E-state index in [-0.39, 0.29) is 24.8 Å². The first-order valence-electron chi connectivity index (χ1n) is 9.23. The zero-order chi connectivity index (χ0) is 17.6. The van der Waals surface area contributed by atoms with E-state index < -0.39 is 21.3 Å². The van der Waals surface area contributed by atoms with E-state index in [0.717, 1.165) is 0 Å². The topological polar surface area (TPSA) is 0 Å². The molecule has 2 aliphatic rings. The van der Waals surface area contributed by atoms with Crippen molar-refractivity contribution in [1.29, 1.82) is 0 Å². The average molecular weight is 477 g/mol. The number of halogens is 2. The Balaban J connectivity index is 0.00000131. The zero-order valence-corrected chi connectivity index (χ0v) is 20.4. The number of benzene rings is 2. The van der Waals surface area contributed by atoms with Crippen LogP contribution in [0, 0.1) is 5.41 Å². The number of allylic oxidation sites excluding steroid dienone is 4. The van der Waals surface area contributed by atoms with Crippen LogP contribution in [0.5, 0.6) is 0 Å². The summed E-state index contributed by atoms with van der Waals surface area (Å²) >= 11 is -2.00. The van der Waals surface area contributed by atoms with Crippen LogP contribution >= 0.6 is 0 Å². The van der Waals surface area contributed by atoms with Crippen molar-refractivity contribution in [3.8, 4) is 11.1 Å². The van der Waals surface area contributed by atoms with Crippen LogP contribution in [0.1, 0.15) is 48.9 Å². The molecule has 0 unspecified atom stereocenters. The minimum absolute atomic E-state index is 0. The zero-order valence-electron chi connectivity index (χ0n) is 16.4. The minimum atomic E-state index is -2.00. The summed E-state index contributed by atoms with van der Waals surface area (Å²) in [5, 5.41) is 0. The Labute approximate surface area is 183 Å². The molecule has 2 aromatic rings. The first-order valence-corrected chi connectivity index (χ1v) is 13.1. The molecule has 0 fully saturated rings.